The van der Waals surface area contributed by atoms with E-state index in [2.05, 4.69) is 29.1 Å². The fourth-order valence-corrected chi connectivity index (χ4v) is 5.49. The van der Waals surface area contributed by atoms with Crippen LogP contribution in [0.15, 0.2) is 11.7 Å². The highest BCUT2D eigenvalue weighted by Gasteiger charge is 2.41. The molecule has 1 spiro atoms. The fourth-order valence-electron chi connectivity index (χ4n) is 3.43. The van der Waals surface area contributed by atoms with E-state index in [-0.39, 0.29) is 5.60 Å². The Labute approximate surface area is 123 Å². The van der Waals surface area contributed by atoms with Gasteiger partial charge in [0, 0.05) is 23.7 Å². The molecule has 0 radical (unpaired) electrons. The maximum atomic E-state index is 6.20. The van der Waals surface area contributed by atoms with Crippen molar-refractivity contribution in [3.8, 4) is 0 Å². The summed E-state index contributed by atoms with van der Waals surface area (Å²) >= 11 is 3.84. The highest BCUT2D eigenvalue weighted by atomic mass is 32.2. The fraction of sp³-hybridized carbons (Fsp3) is 0.786. The molecule has 0 saturated carbocycles. The van der Waals surface area contributed by atoms with Gasteiger partial charge in [0.1, 0.15) is 0 Å². The topological polar surface area (TPSA) is 34.2 Å². The third kappa shape index (κ3) is 2.99. The molecule has 3 heterocycles. The zero-order valence-electron chi connectivity index (χ0n) is 11.4. The van der Waals surface area contributed by atoms with Crippen LogP contribution in [0, 0.1) is 5.92 Å². The number of nitrogens with one attached hydrogen (secondary N) is 1. The van der Waals surface area contributed by atoms with Crippen LogP contribution in [0.2, 0.25) is 0 Å². The second-order valence-electron chi connectivity index (χ2n) is 5.57. The maximum Gasteiger partial charge on any atom is 0.0794 e. The summed E-state index contributed by atoms with van der Waals surface area (Å²) < 4.78 is 6.20. The molecule has 106 valence electrons. The number of hydrogen-bond acceptors (Lipinski definition) is 5. The van der Waals surface area contributed by atoms with Gasteiger partial charge >= 0.3 is 0 Å². The molecule has 1 aromatic heterocycles. The summed E-state index contributed by atoms with van der Waals surface area (Å²) in [5.41, 5.74) is 2.11. The Hall–Kier alpha value is -0.100. The molecule has 1 N–H and O–H groups in total. The van der Waals surface area contributed by atoms with Crippen molar-refractivity contribution in [1.82, 2.24) is 10.3 Å². The van der Waals surface area contributed by atoms with Crippen molar-refractivity contribution in [3.63, 3.8) is 0 Å². The quantitative estimate of drug-likeness (QED) is 0.930. The molecule has 1 aromatic rings. The molecule has 3 nitrogen and oxygen atoms in total. The van der Waals surface area contributed by atoms with Crippen LogP contribution in [0.3, 0.4) is 0 Å². The lowest BCUT2D eigenvalue weighted by Crippen LogP contribution is -2.45. The summed E-state index contributed by atoms with van der Waals surface area (Å²) in [6, 6.07) is 0.447. The van der Waals surface area contributed by atoms with E-state index in [0.29, 0.717) is 12.0 Å². The normalized spacial score (nSPS) is 28.4. The van der Waals surface area contributed by atoms with Gasteiger partial charge in [-0.3, -0.25) is 4.98 Å². The summed E-state index contributed by atoms with van der Waals surface area (Å²) in [4.78, 5) is 5.60. The standard InChI is InChI=1S/C14H22N2OS2/c1-15-13(12-9-16-10-19-12)11-2-5-17-14(8-11)3-6-18-7-4-14/h9-11,13,15H,2-8H2,1H3. The highest BCUT2D eigenvalue weighted by Crippen LogP contribution is 2.43. The van der Waals surface area contributed by atoms with Gasteiger partial charge in [0.25, 0.3) is 0 Å². The van der Waals surface area contributed by atoms with Crippen LogP contribution in [-0.4, -0.2) is 35.7 Å². The lowest BCUT2D eigenvalue weighted by Gasteiger charge is -2.45. The lowest BCUT2D eigenvalue weighted by molar-refractivity contribution is -0.107. The first-order valence-corrected chi connectivity index (χ1v) is 9.14. The molecule has 3 rings (SSSR count). The SMILES string of the molecule is CNC(c1cncs1)C1CCOC2(CCSCC2)C1. The third-order valence-corrected chi connectivity index (χ3v) is 6.32. The zero-order valence-corrected chi connectivity index (χ0v) is 13.1. The molecule has 0 aliphatic carbocycles. The molecule has 2 atom stereocenters. The molecular formula is C14H22N2OS2. The van der Waals surface area contributed by atoms with Crippen molar-refractivity contribution < 1.29 is 4.74 Å². The Bertz CT molecular complexity index is 385. The number of ether oxygens (including phenoxy) is 1. The van der Waals surface area contributed by atoms with E-state index < -0.39 is 0 Å². The van der Waals surface area contributed by atoms with Gasteiger partial charge in [0.15, 0.2) is 0 Å². The highest BCUT2D eigenvalue weighted by molar-refractivity contribution is 7.99. The molecule has 2 unspecified atom stereocenters. The first kappa shape index (κ1) is 13.9. The van der Waals surface area contributed by atoms with Gasteiger partial charge < -0.3 is 10.1 Å². The van der Waals surface area contributed by atoms with Crippen LogP contribution in [0.25, 0.3) is 0 Å². The summed E-state index contributed by atoms with van der Waals surface area (Å²) in [6.45, 7) is 0.923. The van der Waals surface area contributed by atoms with Crippen LogP contribution >= 0.6 is 23.1 Å². The average molecular weight is 298 g/mol. The van der Waals surface area contributed by atoms with Crippen molar-refractivity contribution >= 4 is 23.1 Å². The summed E-state index contributed by atoms with van der Waals surface area (Å²) in [7, 11) is 2.07. The van der Waals surface area contributed by atoms with Gasteiger partial charge in [0.2, 0.25) is 0 Å². The van der Waals surface area contributed by atoms with E-state index in [1.165, 1.54) is 35.6 Å². The number of aromatic nitrogens is 1. The molecule has 5 heteroatoms. The Morgan fingerprint density at radius 2 is 2.32 bits per heavy atom. The third-order valence-electron chi connectivity index (χ3n) is 4.48. The Morgan fingerprint density at radius 1 is 1.47 bits per heavy atom. The molecule has 2 saturated heterocycles. The Morgan fingerprint density at radius 3 is 3.00 bits per heavy atom. The minimum atomic E-state index is 0.175. The molecular weight excluding hydrogens is 276 g/mol. The predicted octanol–water partition coefficient (Wildman–Crippen LogP) is 3.10. The number of thioether (sulfide) groups is 1. The molecule has 2 aliphatic rings. The van der Waals surface area contributed by atoms with Gasteiger partial charge in [-0.15, -0.1) is 11.3 Å². The van der Waals surface area contributed by atoms with E-state index in [1.54, 1.807) is 11.3 Å². The van der Waals surface area contributed by atoms with Crippen LogP contribution in [0.5, 0.6) is 0 Å². The van der Waals surface area contributed by atoms with Crippen LogP contribution in [0.4, 0.5) is 0 Å². The maximum absolute atomic E-state index is 6.20. The van der Waals surface area contributed by atoms with E-state index in [0.717, 1.165) is 13.0 Å². The second kappa shape index (κ2) is 6.12. The number of nitrogens with zero attached hydrogens (tertiary/aromatic N) is 1. The van der Waals surface area contributed by atoms with E-state index >= 15 is 0 Å². The van der Waals surface area contributed by atoms with Gasteiger partial charge in [-0.25, -0.2) is 0 Å². The van der Waals surface area contributed by atoms with E-state index in [4.69, 9.17) is 4.74 Å². The first-order chi connectivity index (χ1) is 9.33. The lowest BCUT2D eigenvalue weighted by atomic mass is 9.78. The molecule has 2 aliphatic heterocycles. The molecule has 0 aromatic carbocycles. The Kier molecular flexibility index (Phi) is 4.47. The van der Waals surface area contributed by atoms with E-state index in [9.17, 15) is 0 Å². The van der Waals surface area contributed by atoms with Crippen LogP contribution in [0.1, 0.15) is 36.6 Å². The molecule has 19 heavy (non-hydrogen) atoms. The zero-order chi connectivity index (χ0) is 13.1. The van der Waals surface area contributed by atoms with Crippen LogP contribution in [-0.2, 0) is 4.74 Å². The Balaban J connectivity index is 1.73. The number of thiazole rings is 1. The molecule has 2 fully saturated rings. The smallest absolute Gasteiger partial charge is 0.0794 e. The number of hydrogen-bond donors (Lipinski definition) is 1. The van der Waals surface area contributed by atoms with Crippen LogP contribution < -0.4 is 5.32 Å². The largest absolute Gasteiger partial charge is 0.375 e. The van der Waals surface area contributed by atoms with Gasteiger partial charge in [0.05, 0.1) is 11.1 Å². The number of rotatable bonds is 3. The average Bonchev–Trinajstić information content (AvgIpc) is 2.95. The predicted molar refractivity (Wildman–Crippen MR) is 81.9 cm³/mol. The monoisotopic (exact) mass is 298 g/mol. The van der Waals surface area contributed by atoms with Crippen molar-refractivity contribution in [2.24, 2.45) is 5.92 Å². The van der Waals surface area contributed by atoms with Crippen molar-refractivity contribution in [3.05, 3.63) is 16.6 Å². The second-order valence-corrected chi connectivity index (χ2v) is 7.71. The minimum Gasteiger partial charge on any atom is -0.375 e. The van der Waals surface area contributed by atoms with Gasteiger partial charge in [-0.2, -0.15) is 11.8 Å². The molecule has 0 amide bonds. The molecule has 0 bridgehead atoms. The summed E-state index contributed by atoms with van der Waals surface area (Å²) in [6.07, 6.45) is 6.85. The van der Waals surface area contributed by atoms with Gasteiger partial charge in [-0.1, -0.05) is 0 Å². The summed E-state index contributed by atoms with van der Waals surface area (Å²) in [5, 5.41) is 3.51. The first-order valence-electron chi connectivity index (χ1n) is 7.10. The van der Waals surface area contributed by atoms with E-state index in [1.807, 2.05) is 11.7 Å². The summed E-state index contributed by atoms with van der Waals surface area (Å²) in [5.74, 6) is 3.21. The van der Waals surface area contributed by atoms with Crippen molar-refractivity contribution in [2.45, 2.75) is 37.3 Å². The van der Waals surface area contributed by atoms with Gasteiger partial charge in [-0.05, 0) is 50.2 Å². The van der Waals surface area contributed by atoms with Crippen molar-refractivity contribution in [1.29, 1.82) is 0 Å². The van der Waals surface area contributed by atoms with Crippen molar-refractivity contribution in [2.75, 3.05) is 25.2 Å². The minimum absolute atomic E-state index is 0.175.